The van der Waals surface area contributed by atoms with Crippen LogP contribution in [0.15, 0.2) is 0 Å². The molecule has 3 heterocycles. The molecule has 268 valence electrons. The molecule has 18 heteroatoms. The summed E-state index contributed by atoms with van der Waals surface area (Å²) in [5.41, 5.74) is 36.0. The standard InChI is InChI=1S/C28H54N6O12/c29-7-12-1-3-14(32)26(41-12)44-23-16(34)5-11(6-17(36)21(39)18(37)9-31)20(38)25(23)46-28-22(40)24(19(10-35)43-28)45-27-15(33)4-2-13(8-30)42-27/h11-16,18-28,35,37-40H,1-10,29-34H2/t11-,12-,13+,14+,15+,16-,18-,19+,20-,21+,22+,23+,24+,25+,26+,27+,28-/m0/s1. The first-order valence-electron chi connectivity index (χ1n) is 16.1. The zero-order valence-electron chi connectivity index (χ0n) is 25.9. The monoisotopic (exact) mass is 666 g/mol. The number of nitrogens with two attached hydrogens (primary N) is 6. The molecule has 0 radical (unpaired) electrons. The quantitative estimate of drug-likeness (QED) is 0.0822. The molecule has 0 aromatic rings. The summed E-state index contributed by atoms with van der Waals surface area (Å²) in [5, 5.41) is 53.1. The van der Waals surface area contributed by atoms with E-state index in [2.05, 4.69) is 0 Å². The molecule has 4 rings (SSSR count). The number of ether oxygens (including phenoxy) is 6. The van der Waals surface area contributed by atoms with E-state index in [-0.39, 0.29) is 44.7 Å². The highest BCUT2D eigenvalue weighted by Gasteiger charge is 2.53. The normalized spacial score (nSPS) is 45.0. The van der Waals surface area contributed by atoms with Gasteiger partial charge in [-0.25, -0.2) is 0 Å². The van der Waals surface area contributed by atoms with Gasteiger partial charge in [-0.3, -0.25) is 4.79 Å². The number of aliphatic hydroxyl groups excluding tert-OH is 5. The van der Waals surface area contributed by atoms with Gasteiger partial charge < -0.3 is 88.4 Å². The number of hydrogen-bond donors (Lipinski definition) is 11. The van der Waals surface area contributed by atoms with Crippen LogP contribution in [-0.2, 0) is 33.2 Å². The highest BCUT2D eigenvalue weighted by Crippen LogP contribution is 2.37. The lowest BCUT2D eigenvalue weighted by atomic mass is 9.76. The second-order valence-corrected chi connectivity index (χ2v) is 12.8. The second kappa shape index (κ2) is 17.1. The summed E-state index contributed by atoms with van der Waals surface area (Å²) >= 11 is 0. The van der Waals surface area contributed by atoms with Gasteiger partial charge in [-0.1, -0.05) is 0 Å². The van der Waals surface area contributed by atoms with Gasteiger partial charge in [0.2, 0.25) is 0 Å². The van der Waals surface area contributed by atoms with E-state index in [0.29, 0.717) is 25.7 Å². The van der Waals surface area contributed by atoms with E-state index >= 15 is 0 Å². The first-order chi connectivity index (χ1) is 21.9. The average Bonchev–Trinajstić information content (AvgIpc) is 3.35. The summed E-state index contributed by atoms with van der Waals surface area (Å²) in [6.07, 6.45) is -12.6. The molecule has 0 aromatic carbocycles. The van der Waals surface area contributed by atoms with E-state index in [9.17, 15) is 30.3 Å². The van der Waals surface area contributed by atoms with Gasteiger partial charge >= 0.3 is 0 Å². The maximum absolute atomic E-state index is 12.8. The third-order valence-electron chi connectivity index (χ3n) is 9.41. The summed E-state index contributed by atoms with van der Waals surface area (Å²) in [7, 11) is 0. The number of carbonyl (C=O) groups excluding carboxylic acids is 1. The molecule has 0 unspecified atom stereocenters. The van der Waals surface area contributed by atoms with E-state index in [1.807, 2.05) is 0 Å². The summed E-state index contributed by atoms with van der Waals surface area (Å²) < 4.78 is 36.1. The molecular weight excluding hydrogens is 612 g/mol. The van der Waals surface area contributed by atoms with Crippen LogP contribution in [0.25, 0.3) is 0 Å². The fraction of sp³-hybridized carbons (Fsp3) is 0.964. The Labute approximate surface area is 267 Å². The Morgan fingerprint density at radius 1 is 0.739 bits per heavy atom. The van der Waals surface area contributed by atoms with Gasteiger partial charge in [-0.2, -0.15) is 0 Å². The largest absolute Gasteiger partial charge is 0.394 e. The maximum atomic E-state index is 12.8. The van der Waals surface area contributed by atoms with Crippen molar-refractivity contribution in [3.8, 4) is 0 Å². The van der Waals surface area contributed by atoms with Crippen molar-refractivity contribution in [2.45, 2.75) is 137 Å². The van der Waals surface area contributed by atoms with Crippen molar-refractivity contribution in [3.05, 3.63) is 0 Å². The predicted molar refractivity (Wildman–Crippen MR) is 159 cm³/mol. The minimum absolute atomic E-state index is 0.0590. The average molecular weight is 667 g/mol. The Bertz CT molecular complexity index is 961. The fourth-order valence-corrected chi connectivity index (χ4v) is 6.55. The van der Waals surface area contributed by atoms with E-state index in [0.717, 1.165) is 0 Å². The molecule has 0 amide bonds. The van der Waals surface area contributed by atoms with Crippen molar-refractivity contribution in [1.29, 1.82) is 0 Å². The minimum Gasteiger partial charge on any atom is -0.394 e. The van der Waals surface area contributed by atoms with Crippen molar-refractivity contribution in [2.75, 3.05) is 26.2 Å². The highest BCUT2D eigenvalue weighted by atomic mass is 16.8. The van der Waals surface area contributed by atoms with E-state index < -0.39 is 104 Å². The topological polar surface area (TPSA) is 330 Å². The fourth-order valence-electron chi connectivity index (χ4n) is 6.55. The van der Waals surface area contributed by atoms with Gasteiger partial charge in [0, 0.05) is 32.1 Å². The van der Waals surface area contributed by atoms with Gasteiger partial charge in [0.05, 0.1) is 43.1 Å². The highest BCUT2D eigenvalue weighted by molar-refractivity contribution is 5.83. The Morgan fingerprint density at radius 2 is 1.28 bits per heavy atom. The molecule has 1 aliphatic carbocycles. The van der Waals surface area contributed by atoms with Gasteiger partial charge in [-0.15, -0.1) is 0 Å². The van der Waals surface area contributed by atoms with Gasteiger partial charge in [0.15, 0.2) is 24.7 Å². The van der Waals surface area contributed by atoms with Crippen LogP contribution in [0.2, 0.25) is 0 Å². The van der Waals surface area contributed by atoms with E-state index in [4.69, 9.17) is 62.8 Å². The van der Waals surface area contributed by atoms with Crippen LogP contribution in [0.3, 0.4) is 0 Å². The molecule has 4 aliphatic rings. The van der Waals surface area contributed by atoms with Crippen molar-refractivity contribution in [3.63, 3.8) is 0 Å². The number of carbonyl (C=O) groups is 1. The molecule has 0 bridgehead atoms. The summed E-state index contributed by atoms with van der Waals surface area (Å²) in [4.78, 5) is 12.8. The van der Waals surface area contributed by atoms with Gasteiger partial charge in [0.25, 0.3) is 0 Å². The Balaban J connectivity index is 1.54. The number of ketones is 1. The molecule has 0 spiro atoms. The number of hydrogen-bond acceptors (Lipinski definition) is 18. The van der Waals surface area contributed by atoms with Crippen LogP contribution in [0.5, 0.6) is 0 Å². The molecule has 1 saturated carbocycles. The molecular formula is C28H54N6O12. The first-order valence-corrected chi connectivity index (χ1v) is 16.1. The number of aliphatic hydroxyl groups is 5. The Morgan fingerprint density at radius 3 is 1.80 bits per heavy atom. The molecule has 4 fully saturated rings. The molecule has 0 aromatic heterocycles. The molecule has 18 nitrogen and oxygen atoms in total. The zero-order valence-corrected chi connectivity index (χ0v) is 25.9. The van der Waals surface area contributed by atoms with E-state index in [1.165, 1.54) is 0 Å². The van der Waals surface area contributed by atoms with Gasteiger partial charge in [0.1, 0.15) is 36.6 Å². The lowest BCUT2D eigenvalue weighted by molar-refractivity contribution is -0.291. The molecule has 3 aliphatic heterocycles. The summed E-state index contributed by atoms with van der Waals surface area (Å²) in [6.45, 7) is -0.415. The third-order valence-corrected chi connectivity index (χ3v) is 9.41. The summed E-state index contributed by atoms with van der Waals surface area (Å²) in [6, 6.07) is -1.91. The van der Waals surface area contributed by atoms with Crippen molar-refractivity contribution < 1.29 is 58.7 Å². The Hall–Kier alpha value is -1.01. The van der Waals surface area contributed by atoms with Crippen molar-refractivity contribution in [1.82, 2.24) is 0 Å². The van der Waals surface area contributed by atoms with Crippen LogP contribution in [0.4, 0.5) is 0 Å². The molecule has 3 saturated heterocycles. The zero-order chi connectivity index (χ0) is 33.7. The van der Waals surface area contributed by atoms with Crippen LogP contribution >= 0.6 is 0 Å². The minimum atomic E-state index is -1.76. The lowest BCUT2D eigenvalue weighted by Crippen LogP contribution is -2.63. The van der Waals surface area contributed by atoms with Crippen LogP contribution in [0, 0.1) is 5.92 Å². The number of rotatable bonds is 14. The van der Waals surface area contributed by atoms with Crippen molar-refractivity contribution in [2.24, 2.45) is 40.3 Å². The van der Waals surface area contributed by atoms with Crippen molar-refractivity contribution >= 4 is 5.78 Å². The predicted octanol–water partition coefficient (Wildman–Crippen LogP) is -5.85. The number of Topliss-reactive ketones (excluding diaryl/α,β-unsaturated/α-hetero) is 1. The molecule has 46 heavy (non-hydrogen) atoms. The second-order valence-electron chi connectivity index (χ2n) is 12.8. The first kappa shape index (κ1) is 37.8. The lowest BCUT2D eigenvalue weighted by Gasteiger charge is -2.46. The Kier molecular flexibility index (Phi) is 14.0. The third kappa shape index (κ3) is 8.77. The van der Waals surface area contributed by atoms with Crippen LogP contribution in [-0.4, -0.2) is 156 Å². The van der Waals surface area contributed by atoms with Crippen LogP contribution in [0.1, 0.15) is 38.5 Å². The van der Waals surface area contributed by atoms with Crippen LogP contribution < -0.4 is 34.4 Å². The van der Waals surface area contributed by atoms with Gasteiger partial charge in [-0.05, 0) is 38.0 Å². The maximum Gasteiger partial charge on any atom is 0.187 e. The smallest absolute Gasteiger partial charge is 0.187 e. The molecule has 17 atom stereocenters. The molecule has 17 N–H and O–H groups in total. The SMILES string of the molecule is NC[C@@H]1CC[C@@H](N)[C@@H](O[C@H]2[C@H](O[C@@H]3O[C@H](CO)[C@@H](O[C@H]4O[C@@H](CN)CC[C@H]4N)[C@H]3O)[C@@H](O)[C@H](CC(=O)[C@@H](O)[C@@H](O)CN)C[C@@H]2N)O1. The van der Waals surface area contributed by atoms with E-state index in [1.54, 1.807) is 0 Å². The summed E-state index contributed by atoms with van der Waals surface area (Å²) in [5.74, 6) is -1.60.